The molecule has 2 aromatic carbocycles. The molecule has 0 aliphatic rings. The van der Waals surface area contributed by atoms with Crippen LogP contribution in [0.4, 0.5) is 0 Å². The lowest BCUT2D eigenvalue weighted by Gasteiger charge is -2.12. The molecule has 1 atom stereocenters. The number of rotatable bonds is 9. The van der Waals surface area contributed by atoms with Crippen molar-refractivity contribution in [1.82, 2.24) is 5.32 Å². The van der Waals surface area contributed by atoms with Gasteiger partial charge in [-0.15, -0.1) is 0 Å². The number of hydrogen-bond donors (Lipinski definition) is 1. The summed E-state index contributed by atoms with van der Waals surface area (Å²) in [4.78, 5) is 23.8. The van der Waals surface area contributed by atoms with Crippen molar-refractivity contribution in [3.8, 4) is 11.5 Å². The minimum absolute atomic E-state index is 0.107. The van der Waals surface area contributed by atoms with Gasteiger partial charge in [0.05, 0.1) is 7.11 Å². The van der Waals surface area contributed by atoms with Gasteiger partial charge < -0.3 is 19.5 Å². The van der Waals surface area contributed by atoms with Crippen LogP contribution in [-0.2, 0) is 14.3 Å². The second kappa shape index (κ2) is 10.7. The first-order valence-electron chi connectivity index (χ1n) is 8.55. The predicted octanol–water partition coefficient (Wildman–Crippen LogP) is 2.84. The minimum atomic E-state index is -0.755. The summed E-state index contributed by atoms with van der Waals surface area (Å²) >= 11 is 0. The van der Waals surface area contributed by atoms with E-state index in [0.717, 1.165) is 11.3 Å². The van der Waals surface area contributed by atoms with E-state index >= 15 is 0 Å². The van der Waals surface area contributed by atoms with Crippen LogP contribution in [0.2, 0.25) is 0 Å². The van der Waals surface area contributed by atoms with E-state index in [-0.39, 0.29) is 19.1 Å². The smallest absolute Gasteiger partial charge is 0.328 e. The summed E-state index contributed by atoms with van der Waals surface area (Å²) in [6, 6.07) is 15.7. The van der Waals surface area contributed by atoms with E-state index in [9.17, 15) is 9.59 Å². The van der Waals surface area contributed by atoms with Gasteiger partial charge in [-0.05, 0) is 42.8 Å². The van der Waals surface area contributed by atoms with Gasteiger partial charge in [0.25, 0.3) is 0 Å². The zero-order valence-electron chi connectivity index (χ0n) is 15.4. The highest BCUT2D eigenvalue weighted by Gasteiger charge is 2.15. The first-order valence-corrected chi connectivity index (χ1v) is 8.55. The normalized spacial score (nSPS) is 11.6. The number of esters is 1. The van der Waals surface area contributed by atoms with Crippen LogP contribution in [0.25, 0.3) is 6.08 Å². The third kappa shape index (κ3) is 7.23. The summed E-state index contributed by atoms with van der Waals surface area (Å²) in [5.41, 5.74) is 0.847. The summed E-state index contributed by atoms with van der Waals surface area (Å²) in [7, 11) is 1.59. The Bertz CT molecular complexity index is 756. The van der Waals surface area contributed by atoms with Gasteiger partial charge >= 0.3 is 5.97 Å². The van der Waals surface area contributed by atoms with Crippen molar-refractivity contribution < 1.29 is 23.8 Å². The number of carbonyl (C=O) groups is 2. The van der Waals surface area contributed by atoms with Gasteiger partial charge in [0.15, 0.2) is 0 Å². The van der Waals surface area contributed by atoms with Crippen molar-refractivity contribution in [2.24, 2.45) is 0 Å². The second-order valence-electron chi connectivity index (χ2n) is 5.67. The Morgan fingerprint density at radius 3 is 2.37 bits per heavy atom. The number of benzene rings is 2. The molecule has 2 rings (SSSR count). The van der Waals surface area contributed by atoms with Crippen molar-refractivity contribution in [3.63, 3.8) is 0 Å². The molecule has 0 bridgehead atoms. The Morgan fingerprint density at radius 2 is 1.70 bits per heavy atom. The van der Waals surface area contributed by atoms with E-state index in [0.29, 0.717) is 5.75 Å². The number of carbonyl (C=O) groups excluding carboxylic acids is 2. The lowest BCUT2D eigenvalue weighted by atomic mass is 10.2. The van der Waals surface area contributed by atoms with E-state index in [1.54, 1.807) is 32.2 Å². The highest BCUT2D eigenvalue weighted by molar-refractivity contribution is 5.94. The topological polar surface area (TPSA) is 73.9 Å². The van der Waals surface area contributed by atoms with Crippen LogP contribution in [0, 0.1) is 0 Å². The van der Waals surface area contributed by atoms with Gasteiger partial charge in [-0.25, -0.2) is 4.79 Å². The summed E-state index contributed by atoms with van der Waals surface area (Å²) in [6.45, 7) is 1.92. The molecule has 0 aromatic heterocycles. The van der Waals surface area contributed by atoms with Crippen LogP contribution in [0.5, 0.6) is 11.5 Å². The summed E-state index contributed by atoms with van der Waals surface area (Å²) in [5.74, 6) is 0.552. The van der Waals surface area contributed by atoms with Crippen molar-refractivity contribution in [2.75, 3.05) is 20.3 Å². The van der Waals surface area contributed by atoms with Crippen LogP contribution < -0.4 is 14.8 Å². The number of hydrogen-bond acceptors (Lipinski definition) is 5. The maximum Gasteiger partial charge on any atom is 0.328 e. The van der Waals surface area contributed by atoms with Crippen molar-refractivity contribution in [2.45, 2.75) is 13.0 Å². The Morgan fingerprint density at radius 1 is 1.00 bits per heavy atom. The molecule has 0 heterocycles. The summed E-state index contributed by atoms with van der Waals surface area (Å²) in [6.07, 6.45) is 3.02. The lowest BCUT2D eigenvalue weighted by molar-refractivity contribution is -0.147. The molecule has 0 spiro atoms. The Labute approximate surface area is 158 Å². The number of methoxy groups -OCH3 is 1. The fourth-order valence-corrected chi connectivity index (χ4v) is 2.15. The third-order valence-corrected chi connectivity index (χ3v) is 3.59. The highest BCUT2D eigenvalue weighted by atomic mass is 16.6. The van der Waals surface area contributed by atoms with Crippen LogP contribution in [-0.4, -0.2) is 38.2 Å². The zero-order chi connectivity index (χ0) is 19.5. The molecule has 2 aromatic rings. The van der Waals surface area contributed by atoms with Crippen LogP contribution >= 0.6 is 0 Å². The Hall–Kier alpha value is -3.28. The third-order valence-electron chi connectivity index (χ3n) is 3.59. The maximum atomic E-state index is 11.9. The molecule has 0 radical (unpaired) electrons. The molecule has 0 unspecified atom stereocenters. The molecular weight excluding hydrogens is 346 g/mol. The van der Waals surface area contributed by atoms with Crippen molar-refractivity contribution in [3.05, 3.63) is 66.2 Å². The van der Waals surface area contributed by atoms with Gasteiger partial charge in [-0.1, -0.05) is 30.3 Å². The second-order valence-corrected chi connectivity index (χ2v) is 5.67. The summed E-state index contributed by atoms with van der Waals surface area (Å²) in [5, 5.41) is 2.57. The van der Waals surface area contributed by atoms with Gasteiger partial charge in [-0.3, -0.25) is 4.79 Å². The molecule has 142 valence electrons. The summed E-state index contributed by atoms with van der Waals surface area (Å²) < 4.78 is 15.6. The molecule has 27 heavy (non-hydrogen) atoms. The van der Waals surface area contributed by atoms with E-state index in [1.165, 1.54) is 6.08 Å². The number of amides is 1. The molecule has 0 saturated carbocycles. The number of para-hydroxylation sites is 1. The van der Waals surface area contributed by atoms with E-state index in [4.69, 9.17) is 14.2 Å². The van der Waals surface area contributed by atoms with Crippen molar-refractivity contribution >= 4 is 18.0 Å². The quantitative estimate of drug-likeness (QED) is 0.418. The average Bonchev–Trinajstić information content (AvgIpc) is 2.70. The highest BCUT2D eigenvalue weighted by Crippen LogP contribution is 2.12. The van der Waals surface area contributed by atoms with Crippen LogP contribution in [0.1, 0.15) is 12.5 Å². The molecule has 0 aliphatic carbocycles. The number of ether oxygens (including phenoxy) is 3. The monoisotopic (exact) mass is 369 g/mol. The van der Waals surface area contributed by atoms with Gasteiger partial charge in [0, 0.05) is 6.08 Å². The average molecular weight is 369 g/mol. The van der Waals surface area contributed by atoms with E-state index in [1.807, 2.05) is 42.5 Å². The molecule has 0 aliphatic heterocycles. The SMILES string of the molecule is COc1ccc(/C=C/C(=O)N[C@@H](C)C(=O)OCCOc2ccccc2)cc1. The van der Waals surface area contributed by atoms with Crippen LogP contribution in [0.15, 0.2) is 60.7 Å². The Kier molecular flexibility index (Phi) is 7.91. The van der Waals surface area contributed by atoms with Gasteiger partial charge in [0.1, 0.15) is 30.8 Å². The van der Waals surface area contributed by atoms with Crippen molar-refractivity contribution in [1.29, 1.82) is 0 Å². The minimum Gasteiger partial charge on any atom is -0.497 e. The lowest BCUT2D eigenvalue weighted by Crippen LogP contribution is -2.39. The number of nitrogens with one attached hydrogen (secondary N) is 1. The van der Waals surface area contributed by atoms with Gasteiger partial charge in [-0.2, -0.15) is 0 Å². The molecule has 1 N–H and O–H groups in total. The first kappa shape index (κ1) is 20.0. The molecule has 0 saturated heterocycles. The predicted molar refractivity (Wildman–Crippen MR) is 103 cm³/mol. The van der Waals surface area contributed by atoms with Gasteiger partial charge in [0.2, 0.25) is 5.91 Å². The standard InChI is InChI=1S/C21H23NO5/c1-16(21(24)27-15-14-26-19-6-4-3-5-7-19)22-20(23)13-10-17-8-11-18(25-2)12-9-17/h3-13,16H,14-15H2,1-2H3,(H,22,23)/b13-10+/t16-/m0/s1. The molecule has 0 fully saturated rings. The zero-order valence-corrected chi connectivity index (χ0v) is 15.4. The fourth-order valence-electron chi connectivity index (χ4n) is 2.15. The first-order chi connectivity index (χ1) is 13.1. The van der Waals surface area contributed by atoms with E-state index < -0.39 is 12.0 Å². The van der Waals surface area contributed by atoms with E-state index in [2.05, 4.69) is 5.32 Å². The molecular formula is C21H23NO5. The maximum absolute atomic E-state index is 11.9. The molecule has 6 nitrogen and oxygen atoms in total. The largest absolute Gasteiger partial charge is 0.497 e. The molecule has 1 amide bonds. The molecule has 6 heteroatoms. The Balaban J connectivity index is 1.69. The fraction of sp³-hybridized carbons (Fsp3) is 0.238. The van der Waals surface area contributed by atoms with Crippen LogP contribution in [0.3, 0.4) is 0 Å².